The largest absolute Gasteiger partial charge is 0.236 e. The highest BCUT2D eigenvalue weighted by Gasteiger charge is 2.18. The second-order valence-corrected chi connectivity index (χ2v) is 6.57. The average molecular weight is 368 g/mol. The van der Waals surface area contributed by atoms with Gasteiger partial charge in [-0.1, -0.05) is 60.5 Å². The summed E-state index contributed by atoms with van der Waals surface area (Å²) < 4.78 is 1.87. The molecule has 0 atom stereocenters. The van der Waals surface area contributed by atoms with Gasteiger partial charge in [-0.3, -0.25) is 0 Å². The van der Waals surface area contributed by atoms with Gasteiger partial charge in [-0.2, -0.15) is 5.10 Å². The summed E-state index contributed by atoms with van der Waals surface area (Å²) in [6, 6.07) is 17.5. The van der Waals surface area contributed by atoms with Gasteiger partial charge in [0.25, 0.3) is 0 Å². The molecule has 0 spiro atoms. The van der Waals surface area contributed by atoms with Crippen molar-refractivity contribution in [1.29, 1.82) is 0 Å². The summed E-state index contributed by atoms with van der Waals surface area (Å²) in [6.07, 6.45) is 2.59. The van der Waals surface area contributed by atoms with E-state index in [1.807, 2.05) is 59.1 Å². The zero-order valence-electron chi connectivity index (χ0n) is 13.6. The Bertz CT molecular complexity index is 1070. The van der Waals surface area contributed by atoms with Crippen LogP contribution in [0.5, 0.6) is 0 Å². The summed E-state index contributed by atoms with van der Waals surface area (Å²) in [5, 5.41) is 6.19. The molecule has 5 heteroatoms. The van der Waals surface area contributed by atoms with Gasteiger partial charge >= 0.3 is 0 Å². The van der Waals surface area contributed by atoms with Crippen molar-refractivity contribution in [2.75, 3.05) is 0 Å². The van der Waals surface area contributed by atoms with E-state index in [4.69, 9.17) is 28.3 Å². The number of fused-ring (bicyclic) bond motifs is 1. The lowest BCUT2D eigenvalue weighted by molar-refractivity contribution is 0.894. The molecule has 124 valence electrons. The molecule has 0 aliphatic carbocycles. The van der Waals surface area contributed by atoms with Crippen molar-refractivity contribution in [1.82, 2.24) is 14.6 Å². The van der Waals surface area contributed by atoms with Gasteiger partial charge in [-0.25, -0.2) is 9.50 Å². The molecule has 2 heterocycles. The molecule has 0 amide bonds. The van der Waals surface area contributed by atoms with Gasteiger partial charge in [0.15, 0.2) is 5.65 Å². The van der Waals surface area contributed by atoms with E-state index in [1.165, 1.54) is 0 Å². The Morgan fingerprint density at radius 2 is 1.84 bits per heavy atom. The summed E-state index contributed by atoms with van der Waals surface area (Å²) in [4.78, 5) is 4.59. The molecule has 25 heavy (non-hydrogen) atoms. The predicted octanol–water partition coefficient (Wildman–Crippen LogP) is 5.93. The van der Waals surface area contributed by atoms with E-state index in [1.54, 1.807) is 6.20 Å². The monoisotopic (exact) mass is 367 g/mol. The highest BCUT2D eigenvalue weighted by atomic mass is 35.5. The fourth-order valence-corrected chi connectivity index (χ4v) is 3.47. The van der Waals surface area contributed by atoms with E-state index < -0.39 is 0 Å². The minimum absolute atomic E-state index is 0.688. The highest BCUT2D eigenvalue weighted by Crippen LogP contribution is 2.33. The quantitative estimate of drug-likeness (QED) is 0.448. The molecule has 0 saturated heterocycles. The second-order valence-electron chi connectivity index (χ2n) is 5.73. The fraction of sp³-hybridized carbons (Fsp3) is 0.100. The van der Waals surface area contributed by atoms with Crippen LogP contribution >= 0.6 is 23.2 Å². The SMILES string of the molecule is CCc1nn2c(-c3ccccc3Cl)ccnc2c1-c1cccc(Cl)c1. The molecule has 0 saturated carbocycles. The zero-order valence-corrected chi connectivity index (χ0v) is 15.1. The van der Waals surface area contributed by atoms with Gasteiger partial charge in [0.05, 0.1) is 11.4 Å². The van der Waals surface area contributed by atoms with E-state index in [9.17, 15) is 0 Å². The smallest absolute Gasteiger partial charge is 0.163 e. The van der Waals surface area contributed by atoms with Crippen LogP contribution in [-0.4, -0.2) is 14.6 Å². The summed E-state index contributed by atoms with van der Waals surface area (Å²) in [5.41, 5.74) is 5.66. The molecule has 4 rings (SSSR count). The van der Waals surface area contributed by atoms with Crippen molar-refractivity contribution in [2.45, 2.75) is 13.3 Å². The van der Waals surface area contributed by atoms with Gasteiger partial charge in [-0.05, 0) is 36.2 Å². The molecular formula is C20H15Cl2N3. The van der Waals surface area contributed by atoms with Crippen molar-refractivity contribution in [3.63, 3.8) is 0 Å². The first-order valence-corrected chi connectivity index (χ1v) is 8.82. The summed E-state index contributed by atoms with van der Waals surface area (Å²) in [7, 11) is 0. The Morgan fingerprint density at radius 1 is 1.00 bits per heavy atom. The Labute approximate surface area is 155 Å². The molecule has 2 aromatic carbocycles. The van der Waals surface area contributed by atoms with Crippen molar-refractivity contribution < 1.29 is 0 Å². The third-order valence-electron chi connectivity index (χ3n) is 4.19. The molecule has 4 aromatic rings. The third-order valence-corrected chi connectivity index (χ3v) is 4.75. The number of hydrogen-bond acceptors (Lipinski definition) is 2. The number of halogens is 2. The van der Waals surface area contributed by atoms with Crippen LogP contribution in [0.2, 0.25) is 10.0 Å². The Balaban J connectivity index is 2.03. The van der Waals surface area contributed by atoms with Gasteiger partial charge in [-0.15, -0.1) is 0 Å². The van der Waals surface area contributed by atoms with E-state index in [2.05, 4.69) is 11.9 Å². The van der Waals surface area contributed by atoms with Gasteiger partial charge in [0.2, 0.25) is 0 Å². The molecule has 0 aliphatic rings. The lowest BCUT2D eigenvalue weighted by Gasteiger charge is -2.07. The maximum absolute atomic E-state index is 6.40. The van der Waals surface area contributed by atoms with Crippen molar-refractivity contribution >= 4 is 28.8 Å². The van der Waals surface area contributed by atoms with E-state index in [0.29, 0.717) is 10.0 Å². The molecular weight excluding hydrogens is 353 g/mol. The first kappa shape index (κ1) is 16.1. The van der Waals surface area contributed by atoms with Crippen LogP contribution < -0.4 is 0 Å². The van der Waals surface area contributed by atoms with E-state index >= 15 is 0 Å². The van der Waals surface area contributed by atoms with Crippen molar-refractivity contribution in [3.05, 3.63) is 76.5 Å². The summed E-state index contributed by atoms with van der Waals surface area (Å²) in [5.74, 6) is 0. The van der Waals surface area contributed by atoms with Crippen LogP contribution in [0, 0.1) is 0 Å². The Morgan fingerprint density at radius 3 is 2.60 bits per heavy atom. The van der Waals surface area contributed by atoms with Crippen LogP contribution in [-0.2, 0) is 6.42 Å². The third kappa shape index (κ3) is 2.80. The minimum atomic E-state index is 0.688. The van der Waals surface area contributed by atoms with Crippen LogP contribution in [0.4, 0.5) is 0 Å². The summed E-state index contributed by atoms with van der Waals surface area (Å²) in [6.45, 7) is 2.09. The van der Waals surface area contributed by atoms with Crippen LogP contribution in [0.25, 0.3) is 28.0 Å². The van der Waals surface area contributed by atoms with Gasteiger partial charge < -0.3 is 0 Å². The number of aryl methyl sites for hydroxylation is 1. The average Bonchev–Trinajstić information content (AvgIpc) is 3.01. The first-order chi connectivity index (χ1) is 12.2. The normalized spacial score (nSPS) is 11.2. The predicted molar refractivity (Wildman–Crippen MR) is 103 cm³/mol. The van der Waals surface area contributed by atoms with Crippen molar-refractivity contribution in [2.24, 2.45) is 0 Å². The molecule has 0 fully saturated rings. The molecule has 0 aliphatic heterocycles. The maximum atomic E-state index is 6.40. The lowest BCUT2D eigenvalue weighted by atomic mass is 10.0. The van der Waals surface area contributed by atoms with E-state index in [0.717, 1.165) is 40.1 Å². The van der Waals surface area contributed by atoms with Crippen LogP contribution in [0.15, 0.2) is 60.8 Å². The number of hydrogen-bond donors (Lipinski definition) is 0. The number of benzene rings is 2. The zero-order chi connectivity index (χ0) is 17.4. The molecule has 2 aromatic heterocycles. The summed E-state index contributed by atoms with van der Waals surface area (Å²) >= 11 is 12.6. The van der Waals surface area contributed by atoms with Crippen molar-refractivity contribution in [3.8, 4) is 22.4 Å². The first-order valence-electron chi connectivity index (χ1n) is 8.06. The molecule has 0 unspecified atom stereocenters. The molecule has 0 radical (unpaired) electrons. The maximum Gasteiger partial charge on any atom is 0.163 e. The van der Waals surface area contributed by atoms with Gasteiger partial charge in [0.1, 0.15) is 0 Å². The van der Waals surface area contributed by atoms with Crippen LogP contribution in [0.1, 0.15) is 12.6 Å². The van der Waals surface area contributed by atoms with Crippen LogP contribution in [0.3, 0.4) is 0 Å². The Kier molecular flexibility index (Phi) is 4.20. The van der Waals surface area contributed by atoms with Gasteiger partial charge in [0, 0.05) is 27.4 Å². The number of aromatic nitrogens is 3. The highest BCUT2D eigenvalue weighted by molar-refractivity contribution is 6.33. The van der Waals surface area contributed by atoms with E-state index in [-0.39, 0.29) is 0 Å². The fourth-order valence-electron chi connectivity index (χ4n) is 3.05. The number of rotatable bonds is 3. The second kappa shape index (κ2) is 6.51. The topological polar surface area (TPSA) is 30.2 Å². The number of nitrogens with zero attached hydrogens (tertiary/aromatic N) is 3. The minimum Gasteiger partial charge on any atom is -0.236 e. The molecule has 0 bridgehead atoms. The lowest BCUT2D eigenvalue weighted by Crippen LogP contribution is -1.96. The molecule has 0 N–H and O–H groups in total. The Hall–Kier alpha value is -2.36. The molecule has 3 nitrogen and oxygen atoms in total. The standard InChI is InChI=1S/C20H15Cl2N3/c1-2-17-19(13-6-5-7-14(21)12-13)20-23-11-10-18(25(20)24-17)15-8-3-4-9-16(15)22/h3-12H,2H2,1H3.